The van der Waals surface area contributed by atoms with Crippen molar-refractivity contribution in [2.24, 2.45) is 5.73 Å². The molecule has 2 aromatic carbocycles. The topological polar surface area (TPSA) is 95.7 Å². The predicted molar refractivity (Wildman–Crippen MR) is 91.6 cm³/mol. The lowest BCUT2D eigenvalue weighted by Crippen LogP contribution is -2.16. The summed E-state index contributed by atoms with van der Waals surface area (Å²) in [5.74, 6) is -3.68. The molecular formula is C18H14F3NO5S. The molecule has 0 amide bonds. The van der Waals surface area contributed by atoms with Gasteiger partial charge < -0.3 is 14.7 Å². The number of halogens is 3. The third-order valence-corrected chi connectivity index (χ3v) is 4.80. The lowest BCUT2D eigenvalue weighted by Gasteiger charge is -2.13. The number of carbonyl (C=O) groups excluding carboxylic acids is 1. The molecule has 1 aliphatic heterocycles. The minimum absolute atomic E-state index is 0.369. The molecule has 2 N–H and O–H groups in total. The van der Waals surface area contributed by atoms with Crippen molar-refractivity contribution < 1.29 is 36.7 Å². The molecule has 28 heavy (non-hydrogen) atoms. The number of rotatable bonds is 5. The van der Waals surface area contributed by atoms with E-state index in [0.717, 1.165) is 18.2 Å². The lowest BCUT2D eigenvalue weighted by atomic mass is 10.0. The minimum Gasteiger partial charge on any atom is -0.460 e. The summed E-state index contributed by atoms with van der Waals surface area (Å²) in [6.45, 7) is 0. The monoisotopic (exact) mass is 414 g/mol. The molecule has 1 unspecified atom stereocenters. The Balaban J connectivity index is 1.87. The van der Waals surface area contributed by atoms with Gasteiger partial charge in [0.15, 0.2) is 6.08 Å². The predicted octanol–water partition coefficient (Wildman–Crippen LogP) is 3.02. The zero-order valence-corrected chi connectivity index (χ0v) is 14.9. The number of carbonyl (C=O) groups is 1. The van der Waals surface area contributed by atoms with E-state index in [9.17, 15) is 26.4 Å². The summed E-state index contributed by atoms with van der Waals surface area (Å²) in [5.41, 5.74) is 4.30. The first-order valence-electron chi connectivity index (χ1n) is 8.30. The van der Waals surface area contributed by atoms with Crippen molar-refractivity contribution in [1.29, 1.82) is 0 Å². The van der Waals surface area contributed by atoms with Crippen molar-refractivity contribution in [3.63, 3.8) is 0 Å². The van der Waals surface area contributed by atoms with Gasteiger partial charge in [-0.15, -0.1) is 0 Å². The number of hydrogen-bond acceptors (Lipinski definition) is 6. The molecule has 148 valence electrons. The molecule has 0 radical (unpaired) electrons. The fourth-order valence-electron chi connectivity index (χ4n) is 2.46. The first-order chi connectivity index (χ1) is 13.4. The van der Waals surface area contributed by atoms with Crippen molar-refractivity contribution in [2.45, 2.75) is 18.0 Å². The van der Waals surface area contributed by atoms with E-state index < -0.39 is 56.7 Å². The van der Waals surface area contributed by atoms with Gasteiger partial charge in [0, 0.05) is 5.56 Å². The Labute approximate surface area is 159 Å². The van der Waals surface area contributed by atoms with E-state index in [2.05, 4.69) is 0 Å². The van der Waals surface area contributed by atoms with Crippen molar-refractivity contribution in [2.75, 3.05) is 0 Å². The van der Waals surface area contributed by atoms with Crippen LogP contribution >= 0.6 is 0 Å². The molecule has 2 aromatic rings. The van der Waals surface area contributed by atoms with Gasteiger partial charge in [-0.05, 0) is 17.7 Å². The molecule has 6 nitrogen and oxygen atoms in total. The Bertz CT molecular complexity index is 1090. The van der Waals surface area contributed by atoms with Gasteiger partial charge in [0.05, 0.1) is 6.93 Å². The molecular weight excluding hydrogens is 399 g/mol. The standard InChI is InChI=1S/C18H14F3NO5S/c19-18(20,21)13-8-4-7-12(9-13)15-14(23)16(17(22)26-15)27-28(24,25)10-11-5-2-1-3-6-11/h1-9,15H,10,22H2/i15D. The van der Waals surface area contributed by atoms with Crippen molar-refractivity contribution in [1.82, 2.24) is 0 Å². The van der Waals surface area contributed by atoms with Gasteiger partial charge in [0.2, 0.25) is 17.4 Å². The third kappa shape index (κ3) is 4.28. The van der Waals surface area contributed by atoms with Crippen LogP contribution in [0.1, 0.15) is 24.1 Å². The maximum atomic E-state index is 12.9. The van der Waals surface area contributed by atoms with E-state index in [1.54, 1.807) is 18.2 Å². The van der Waals surface area contributed by atoms with Gasteiger partial charge in [0.25, 0.3) is 0 Å². The van der Waals surface area contributed by atoms with Crippen LogP contribution in [0.15, 0.2) is 66.2 Å². The maximum Gasteiger partial charge on any atom is 0.416 e. The second-order valence-electron chi connectivity index (χ2n) is 5.80. The molecule has 0 bridgehead atoms. The first kappa shape index (κ1) is 18.4. The second-order valence-corrected chi connectivity index (χ2v) is 7.37. The Morgan fingerprint density at radius 2 is 1.82 bits per heavy atom. The molecule has 0 saturated carbocycles. The van der Waals surface area contributed by atoms with Crippen LogP contribution in [0.3, 0.4) is 0 Å². The molecule has 0 aromatic heterocycles. The molecule has 0 aliphatic carbocycles. The van der Waals surface area contributed by atoms with Gasteiger partial charge in [-0.25, -0.2) is 0 Å². The Kier molecular flexibility index (Phi) is 4.71. The van der Waals surface area contributed by atoms with E-state index in [4.69, 9.17) is 16.0 Å². The highest BCUT2D eigenvalue weighted by molar-refractivity contribution is 7.86. The molecule has 0 spiro atoms. The lowest BCUT2D eigenvalue weighted by molar-refractivity contribution is -0.137. The van der Waals surface area contributed by atoms with E-state index in [1.807, 2.05) is 0 Å². The zero-order valence-electron chi connectivity index (χ0n) is 15.1. The maximum absolute atomic E-state index is 12.9. The highest BCUT2D eigenvalue weighted by Gasteiger charge is 2.40. The van der Waals surface area contributed by atoms with E-state index in [0.29, 0.717) is 11.6 Å². The van der Waals surface area contributed by atoms with Gasteiger partial charge in [-0.3, -0.25) is 4.79 Å². The Morgan fingerprint density at radius 3 is 2.46 bits per heavy atom. The molecule has 10 heteroatoms. The number of Topliss-reactive ketones (excluding diaryl/α,β-unsaturated/α-hetero) is 1. The molecule has 1 aliphatic rings. The number of ether oxygens (including phenoxy) is 1. The normalized spacial score (nSPS) is 20.7. The van der Waals surface area contributed by atoms with Crippen molar-refractivity contribution >= 4 is 15.9 Å². The zero-order chi connectivity index (χ0) is 21.4. The largest absolute Gasteiger partial charge is 0.460 e. The summed E-state index contributed by atoms with van der Waals surface area (Å²) in [4.78, 5) is 12.6. The SMILES string of the molecule is [2H]C1(c2cccc(C(F)(F)F)c2)OC(N)=C(OS(=O)(=O)Cc2ccccc2)C1=O. The van der Waals surface area contributed by atoms with Crippen LogP contribution in [0.4, 0.5) is 13.2 Å². The smallest absolute Gasteiger partial charge is 0.416 e. The van der Waals surface area contributed by atoms with Crippen LogP contribution in [0.5, 0.6) is 0 Å². The number of nitrogens with two attached hydrogens (primary N) is 1. The van der Waals surface area contributed by atoms with Gasteiger partial charge in [-0.2, -0.15) is 21.6 Å². The Hall–Kier alpha value is -3.01. The van der Waals surface area contributed by atoms with Crippen LogP contribution in [0, 0.1) is 0 Å². The van der Waals surface area contributed by atoms with E-state index in [1.165, 1.54) is 12.1 Å². The fraction of sp³-hybridized carbons (Fsp3) is 0.167. The van der Waals surface area contributed by atoms with E-state index >= 15 is 0 Å². The number of benzene rings is 2. The molecule has 1 atom stereocenters. The fourth-order valence-corrected chi connectivity index (χ4v) is 3.53. The first-order valence-corrected chi connectivity index (χ1v) is 9.37. The average Bonchev–Trinajstić information content (AvgIpc) is 2.85. The molecule has 1 heterocycles. The van der Waals surface area contributed by atoms with Crippen LogP contribution < -0.4 is 5.73 Å². The summed E-state index contributed by atoms with van der Waals surface area (Å²) in [6, 6.07) is 11.3. The van der Waals surface area contributed by atoms with E-state index in [-0.39, 0.29) is 0 Å². The quantitative estimate of drug-likeness (QED) is 0.756. The summed E-state index contributed by atoms with van der Waals surface area (Å²) in [6.07, 6.45) is -7.42. The van der Waals surface area contributed by atoms with Gasteiger partial charge >= 0.3 is 16.3 Å². The third-order valence-electron chi connectivity index (χ3n) is 3.70. The van der Waals surface area contributed by atoms with Crippen LogP contribution in [0.2, 0.25) is 0 Å². The average molecular weight is 414 g/mol. The van der Waals surface area contributed by atoms with Crippen molar-refractivity contribution in [3.8, 4) is 0 Å². The Morgan fingerprint density at radius 1 is 1.14 bits per heavy atom. The van der Waals surface area contributed by atoms with Crippen LogP contribution in [0.25, 0.3) is 0 Å². The highest BCUT2D eigenvalue weighted by Crippen LogP contribution is 2.36. The van der Waals surface area contributed by atoms with Gasteiger partial charge in [-0.1, -0.05) is 42.5 Å². The molecule has 0 fully saturated rings. The highest BCUT2D eigenvalue weighted by atomic mass is 32.2. The summed E-state index contributed by atoms with van der Waals surface area (Å²) < 4.78 is 81.2. The summed E-state index contributed by atoms with van der Waals surface area (Å²) in [7, 11) is -4.35. The molecule has 0 saturated heterocycles. The minimum atomic E-state index is -4.72. The summed E-state index contributed by atoms with van der Waals surface area (Å²) >= 11 is 0. The molecule has 3 rings (SSSR count). The van der Waals surface area contributed by atoms with Crippen LogP contribution in [-0.4, -0.2) is 14.2 Å². The number of hydrogen-bond donors (Lipinski definition) is 1. The van der Waals surface area contributed by atoms with Crippen molar-refractivity contribution in [3.05, 3.63) is 82.9 Å². The second kappa shape index (κ2) is 7.19. The van der Waals surface area contributed by atoms with Crippen LogP contribution in [-0.2, 0) is 35.8 Å². The number of alkyl halides is 3. The number of ketones is 1. The van der Waals surface area contributed by atoms with Gasteiger partial charge in [0.1, 0.15) is 5.75 Å². The summed E-state index contributed by atoms with van der Waals surface area (Å²) in [5, 5.41) is 0.